The molecule has 0 saturated heterocycles. The molecule has 25 heavy (non-hydrogen) atoms. The van der Waals surface area contributed by atoms with Crippen molar-refractivity contribution in [1.82, 2.24) is 0 Å². The molecule has 2 rings (SSSR count). The van der Waals surface area contributed by atoms with E-state index in [4.69, 9.17) is 33.0 Å². The Hall–Kier alpha value is -2.24. The smallest absolute Gasteiger partial charge is 0.303 e. The van der Waals surface area contributed by atoms with E-state index in [-0.39, 0.29) is 18.7 Å². The van der Waals surface area contributed by atoms with Gasteiger partial charge in [-0.1, -0.05) is 41.4 Å². The maximum absolute atomic E-state index is 12.4. The quantitative estimate of drug-likeness (QED) is 0.735. The number of carbonyl (C=O) groups excluding carboxylic acids is 1. The van der Waals surface area contributed by atoms with E-state index in [1.165, 1.54) is 7.11 Å². The monoisotopic (exact) mass is 381 g/mol. The second kappa shape index (κ2) is 8.74. The highest BCUT2D eigenvalue weighted by atomic mass is 35.5. The third kappa shape index (κ3) is 5.37. The van der Waals surface area contributed by atoms with Crippen molar-refractivity contribution < 1.29 is 19.4 Å². The average Bonchev–Trinajstić information content (AvgIpc) is 2.56. The highest BCUT2D eigenvalue weighted by Gasteiger charge is 2.21. The van der Waals surface area contributed by atoms with Crippen molar-refractivity contribution in [2.24, 2.45) is 0 Å². The Morgan fingerprint density at radius 3 is 2.48 bits per heavy atom. The normalized spacial score (nSPS) is 11.6. The van der Waals surface area contributed by atoms with Gasteiger partial charge in [-0.3, -0.25) is 9.59 Å². The number of hydrogen-bond donors (Lipinski definition) is 2. The number of hydrogen-bond acceptors (Lipinski definition) is 3. The van der Waals surface area contributed by atoms with Crippen molar-refractivity contribution >= 4 is 40.8 Å². The van der Waals surface area contributed by atoms with Crippen LogP contribution in [0.3, 0.4) is 0 Å². The first kappa shape index (κ1) is 19.1. The van der Waals surface area contributed by atoms with E-state index in [0.717, 1.165) is 0 Å². The zero-order valence-corrected chi connectivity index (χ0v) is 15.0. The van der Waals surface area contributed by atoms with Crippen LogP contribution < -0.4 is 10.1 Å². The number of halogens is 2. The summed E-state index contributed by atoms with van der Waals surface area (Å²) in [6.45, 7) is 0. The lowest BCUT2D eigenvalue weighted by Crippen LogP contribution is -2.18. The second-order valence-corrected chi connectivity index (χ2v) is 6.24. The number of benzene rings is 2. The van der Waals surface area contributed by atoms with Gasteiger partial charge in [0, 0.05) is 12.3 Å². The summed E-state index contributed by atoms with van der Waals surface area (Å²) in [7, 11) is 1.51. The topological polar surface area (TPSA) is 75.6 Å². The summed E-state index contributed by atoms with van der Waals surface area (Å²) in [5, 5.41) is 12.6. The van der Waals surface area contributed by atoms with E-state index in [0.29, 0.717) is 27.0 Å². The number of rotatable bonds is 7. The fraction of sp³-hybridized carbons (Fsp3) is 0.222. The van der Waals surface area contributed by atoms with E-state index in [9.17, 15) is 9.59 Å². The van der Waals surface area contributed by atoms with Crippen molar-refractivity contribution in [3.05, 3.63) is 58.1 Å². The molecule has 0 radical (unpaired) electrons. The average molecular weight is 382 g/mol. The van der Waals surface area contributed by atoms with Gasteiger partial charge in [0.05, 0.1) is 29.3 Å². The van der Waals surface area contributed by atoms with Crippen LogP contribution in [0.1, 0.15) is 24.3 Å². The van der Waals surface area contributed by atoms with Gasteiger partial charge in [-0.05, 0) is 29.8 Å². The van der Waals surface area contributed by atoms with Crippen LogP contribution in [0.25, 0.3) is 0 Å². The molecule has 0 heterocycles. The maximum Gasteiger partial charge on any atom is 0.303 e. The highest BCUT2D eigenvalue weighted by Crippen LogP contribution is 2.31. The summed E-state index contributed by atoms with van der Waals surface area (Å²) in [6.07, 6.45) is -0.209. The van der Waals surface area contributed by atoms with Gasteiger partial charge in [0.2, 0.25) is 5.91 Å². The Kier molecular flexibility index (Phi) is 6.67. The molecule has 5 nitrogen and oxygen atoms in total. The molecule has 1 amide bonds. The molecule has 0 bridgehead atoms. The zero-order valence-electron chi connectivity index (χ0n) is 13.5. The van der Waals surface area contributed by atoms with Gasteiger partial charge in [0.25, 0.3) is 0 Å². The van der Waals surface area contributed by atoms with E-state index < -0.39 is 11.9 Å². The van der Waals surface area contributed by atoms with Crippen LogP contribution in [0.15, 0.2) is 42.5 Å². The largest absolute Gasteiger partial charge is 0.495 e. The SMILES string of the molecule is COc1ccccc1NC(=O)CC(CC(=O)O)c1ccc(Cl)c(Cl)c1. The first-order valence-electron chi connectivity index (χ1n) is 7.50. The Morgan fingerprint density at radius 2 is 1.84 bits per heavy atom. The van der Waals surface area contributed by atoms with E-state index in [2.05, 4.69) is 5.32 Å². The minimum atomic E-state index is -0.999. The van der Waals surface area contributed by atoms with Crippen molar-refractivity contribution in [2.45, 2.75) is 18.8 Å². The predicted octanol–water partition coefficient (Wildman–Crippen LogP) is 4.59. The molecule has 0 aliphatic rings. The first-order valence-corrected chi connectivity index (χ1v) is 8.26. The molecular formula is C18H17Cl2NO4. The molecule has 0 aliphatic heterocycles. The minimum absolute atomic E-state index is 0.0116. The van der Waals surface area contributed by atoms with Crippen LogP contribution in [-0.2, 0) is 9.59 Å². The standard InChI is InChI=1S/C18H17Cl2NO4/c1-25-16-5-3-2-4-15(16)21-17(22)9-12(10-18(23)24)11-6-7-13(19)14(20)8-11/h2-8,12H,9-10H2,1H3,(H,21,22)(H,23,24). The summed E-state index contributed by atoms with van der Waals surface area (Å²) >= 11 is 11.9. The van der Waals surface area contributed by atoms with Gasteiger partial charge in [0.15, 0.2) is 0 Å². The lowest BCUT2D eigenvalue weighted by molar-refractivity contribution is -0.137. The van der Waals surface area contributed by atoms with Crippen LogP contribution in [0, 0.1) is 0 Å². The number of para-hydroxylation sites is 2. The Labute approximate surface area is 155 Å². The number of ether oxygens (including phenoxy) is 1. The Balaban J connectivity index is 2.17. The molecule has 0 spiro atoms. The number of anilines is 1. The fourth-order valence-electron chi connectivity index (χ4n) is 2.46. The summed E-state index contributed by atoms with van der Waals surface area (Å²) in [5.74, 6) is -1.31. The van der Waals surface area contributed by atoms with E-state index in [1.54, 1.807) is 42.5 Å². The predicted molar refractivity (Wildman–Crippen MR) is 97.7 cm³/mol. The number of carboxylic acids is 1. The van der Waals surface area contributed by atoms with Crippen molar-refractivity contribution in [1.29, 1.82) is 0 Å². The number of carboxylic acid groups (broad SMARTS) is 1. The fourth-order valence-corrected chi connectivity index (χ4v) is 2.76. The van der Waals surface area contributed by atoms with Crippen molar-refractivity contribution in [2.75, 3.05) is 12.4 Å². The molecule has 7 heteroatoms. The number of carbonyl (C=O) groups is 2. The maximum atomic E-state index is 12.4. The molecule has 1 atom stereocenters. The Morgan fingerprint density at radius 1 is 1.12 bits per heavy atom. The van der Waals surface area contributed by atoms with Gasteiger partial charge in [-0.25, -0.2) is 0 Å². The first-order chi connectivity index (χ1) is 11.9. The summed E-state index contributed by atoms with van der Waals surface area (Å²) in [5.41, 5.74) is 1.17. The molecule has 132 valence electrons. The zero-order chi connectivity index (χ0) is 18.4. The molecule has 2 aromatic rings. The molecule has 0 fully saturated rings. The second-order valence-electron chi connectivity index (χ2n) is 5.42. The molecule has 2 aromatic carbocycles. The third-order valence-electron chi connectivity index (χ3n) is 3.65. The summed E-state index contributed by atoms with van der Waals surface area (Å²) in [6, 6.07) is 11.9. The molecular weight excluding hydrogens is 365 g/mol. The summed E-state index contributed by atoms with van der Waals surface area (Å²) in [4.78, 5) is 23.5. The number of aliphatic carboxylic acids is 1. The van der Waals surface area contributed by atoms with Crippen molar-refractivity contribution in [3.8, 4) is 5.75 Å². The van der Waals surface area contributed by atoms with Gasteiger partial charge in [0.1, 0.15) is 5.75 Å². The number of nitrogens with one attached hydrogen (secondary N) is 1. The van der Waals surface area contributed by atoms with Crippen LogP contribution in [0.5, 0.6) is 5.75 Å². The van der Waals surface area contributed by atoms with Gasteiger partial charge >= 0.3 is 5.97 Å². The minimum Gasteiger partial charge on any atom is -0.495 e. The van der Waals surface area contributed by atoms with Crippen LogP contribution in [-0.4, -0.2) is 24.1 Å². The van der Waals surface area contributed by atoms with Gasteiger partial charge in [-0.15, -0.1) is 0 Å². The molecule has 2 N–H and O–H groups in total. The van der Waals surface area contributed by atoms with Gasteiger partial charge < -0.3 is 15.2 Å². The van der Waals surface area contributed by atoms with Crippen LogP contribution >= 0.6 is 23.2 Å². The molecule has 0 aromatic heterocycles. The van der Waals surface area contributed by atoms with Gasteiger partial charge in [-0.2, -0.15) is 0 Å². The lowest BCUT2D eigenvalue weighted by Gasteiger charge is -2.17. The van der Waals surface area contributed by atoms with Crippen molar-refractivity contribution in [3.63, 3.8) is 0 Å². The number of methoxy groups -OCH3 is 1. The molecule has 1 unspecified atom stereocenters. The highest BCUT2D eigenvalue weighted by molar-refractivity contribution is 6.42. The lowest BCUT2D eigenvalue weighted by atomic mass is 9.92. The number of amides is 1. The summed E-state index contributed by atoms with van der Waals surface area (Å²) < 4.78 is 5.19. The third-order valence-corrected chi connectivity index (χ3v) is 4.39. The van der Waals surface area contributed by atoms with E-state index >= 15 is 0 Å². The van der Waals surface area contributed by atoms with Crippen LogP contribution in [0.4, 0.5) is 5.69 Å². The molecule has 0 saturated carbocycles. The molecule has 0 aliphatic carbocycles. The van der Waals surface area contributed by atoms with E-state index in [1.807, 2.05) is 0 Å². The Bertz CT molecular complexity index is 779. The van der Waals surface area contributed by atoms with Crippen LogP contribution in [0.2, 0.25) is 10.0 Å².